The molecule has 1 saturated heterocycles. The quantitative estimate of drug-likeness (QED) is 0.635. The molecule has 2 heterocycles. The van der Waals surface area contributed by atoms with Gasteiger partial charge in [-0.05, 0) is 36.8 Å². The van der Waals surface area contributed by atoms with Crippen molar-refractivity contribution in [1.82, 2.24) is 9.21 Å². The van der Waals surface area contributed by atoms with Crippen LogP contribution < -0.4 is 0 Å². The van der Waals surface area contributed by atoms with Gasteiger partial charge in [0.25, 0.3) is 15.9 Å². The fourth-order valence-electron chi connectivity index (χ4n) is 3.58. The van der Waals surface area contributed by atoms with Gasteiger partial charge < -0.3 is 4.90 Å². The summed E-state index contributed by atoms with van der Waals surface area (Å²) < 4.78 is 28.3. The molecule has 0 radical (unpaired) electrons. The van der Waals surface area contributed by atoms with E-state index in [2.05, 4.69) is 0 Å². The fourth-order valence-corrected chi connectivity index (χ4v) is 6.63. The van der Waals surface area contributed by atoms with Gasteiger partial charge in [0.15, 0.2) is 0 Å². The number of hydrogen-bond acceptors (Lipinski definition) is 4. The SMILES string of the molecule is CC1CN(C(=O)c2ccccc2)CCN1S(=O)(=O)c1ccc(-c2ccccc2)s1. The lowest BCUT2D eigenvalue weighted by Crippen LogP contribution is -2.55. The predicted octanol–water partition coefficient (Wildman–Crippen LogP) is 3.95. The van der Waals surface area contributed by atoms with E-state index in [0.29, 0.717) is 29.4 Å². The zero-order valence-electron chi connectivity index (χ0n) is 16.1. The monoisotopic (exact) mass is 426 g/mol. The molecule has 1 fully saturated rings. The fraction of sp³-hybridized carbons (Fsp3) is 0.227. The summed E-state index contributed by atoms with van der Waals surface area (Å²) in [7, 11) is -3.60. The van der Waals surface area contributed by atoms with Crippen LogP contribution in [0.15, 0.2) is 77.0 Å². The van der Waals surface area contributed by atoms with Gasteiger partial charge in [0.2, 0.25) is 0 Å². The third-order valence-electron chi connectivity index (χ3n) is 5.08. The molecular formula is C22H22N2O3S2. The summed E-state index contributed by atoms with van der Waals surface area (Å²) in [5.41, 5.74) is 1.63. The first-order valence-electron chi connectivity index (χ1n) is 9.48. The van der Waals surface area contributed by atoms with Crippen molar-refractivity contribution in [3.05, 3.63) is 78.4 Å². The highest BCUT2D eigenvalue weighted by molar-refractivity contribution is 7.91. The second-order valence-electron chi connectivity index (χ2n) is 7.07. The zero-order valence-corrected chi connectivity index (χ0v) is 17.7. The molecule has 1 aliphatic rings. The normalized spacial score (nSPS) is 18.0. The minimum Gasteiger partial charge on any atom is -0.336 e. The molecule has 1 amide bonds. The second kappa shape index (κ2) is 8.10. The Morgan fingerprint density at radius 1 is 0.931 bits per heavy atom. The summed E-state index contributed by atoms with van der Waals surface area (Å²) in [5.74, 6) is -0.0583. The van der Waals surface area contributed by atoms with Gasteiger partial charge in [-0.25, -0.2) is 8.42 Å². The van der Waals surface area contributed by atoms with Crippen molar-refractivity contribution in [2.75, 3.05) is 19.6 Å². The molecule has 1 unspecified atom stereocenters. The third-order valence-corrected chi connectivity index (χ3v) is 8.69. The predicted molar refractivity (Wildman–Crippen MR) is 115 cm³/mol. The first kappa shape index (κ1) is 19.8. The van der Waals surface area contributed by atoms with E-state index in [4.69, 9.17) is 0 Å². The number of sulfonamides is 1. The van der Waals surface area contributed by atoms with E-state index < -0.39 is 10.0 Å². The van der Waals surface area contributed by atoms with Crippen molar-refractivity contribution in [2.24, 2.45) is 0 Å². The molecule has 5 nitrogen and oxygen atoms in total. The molecular weight excluding hydrogens is 404 g/mol. The summed E-state index contributed by atoms with van der Waals surface area (Å²) >= 11 is 1.28. The van der Waals surface area contributed by atoms with E-state index in [1.54, 1.807) is 23.1 Å². The number of thiophene rings is 1. The Morgan fingerprint density at radius 2 is 1.59 bits per heavy atom. The van der Waals surface area contributed by atoms with Gasteiger partial charge in [-0.15, -0.1) is 11.3 Å². The van der Waals surface area contributed by atoms with Crippen LogP contribution in [0.25, 0.3) is 10.4 Å². The first-order valence-corrected chi connectivity index (χ1v) is 11.7. The molecule has 0 spiro atoms. The highest BCUT2D eigenvalue weighted by Gasteiger charge is 2.36. The lowest BCUT2D eigenvalue weighted by atomic mass is 10.1. The van der Waals surface area contributed by atoms with Crippen LogP contribution in [0.3, 0.4) is 0 Å². The van der Waals surface area contributed by atoms with Gasteiger partial charge in [-0.1, -0.05) is 48.5 Å². The van der Waals surface area contributed by atoms with Gasteiger partial charge in [-0.2, -0.15) is 4.31 Å². The molecule has 0 N–H and O–H groups in total. The zero-order chi connectivity index (χ0) is 20.4. The molecule has 1 aromatic heterocycles. The number of amides is 1. The number of carbonyl (C=O) groups is 1. The molecule has 150 valence electrons. The molecule has 2 aromatic carbocycles. The van der Waals surface area contributed by atoms with Crippen LogP contribution in [0, 0.1) is 0 Å². The van der Waals surface area contributed by atoms with Crippen LogP contribution in [0.4, 0.5) is 0 Å². The minimum atomic E-state index is -3.60. The lowest BCUT2D eigenvalue weighted by Gasteiger charge is -2.38. The highest BCUT2D eigenvalue weighted by atomic mass is 32.2. The van der Waals surface area contributed by atoms with Crippen molar-refractivity contribution in [3.63, 3.8) is 0 Å². The lowest BCUT2D eigenvalue weighted by molar-refractivity contribution is 0.0642. The maximum atomic E-state index is 13.2. The van der Waals surface area contributed by atoms with Crippen molar-refractivity contribution in [2.45, 2.75) is 17.2 Å². The summed E-state index contributed by atoms with van der Waals surface area (Å²) in [5, 5.41) is 0. The second-order valence-corrected chi connectivity index (χ2v) is 10.3. The Hall–Kier alpha value is -2.48. The van der Waals surface area contributed by atoms with Gasteiger partial charge in [0.1, 0.15) is 4.21 Å². The van der Waals surface area contributed by atoms with Crippen molar-refractivity contribution in [1.29, 1.82) is 0 Å². The van der Waals surface area contributed by atoms with Crippen LogP contribution in [-0.4, -0.2) is 49.2 Å². The first-order chi connectivity index (χ1) is 14.0. The van der Waals surface area contributed by atoms with E-state index in [-0.39, 0.29) is 11.9 Å². The summed E-state index contributed by atoms with van der Waals surface area (Å²) in [6, 6.07) is 22.1. The molecule has 0 aliphatic carbocycles. The average Bonchev–Trinajstić information content (AvgIpc) is 3.25. The summed E-state index contributed by atoms with van der Waals surface area (Å²) in [6.07, 6.45) is 0. The molecule has 0 bridgehead atoms. The van der Waals surface area contributed by atoms with Gasteiger partial charge in [0.05, 0.1) is 0 Å². The average molecular weight is 427 g/mol. The van der Waals surface area contributed by atoms with Gasteiger partial charge in [-0.3, -0.25) is 4.79 Å². The molecule has 1 atom stereocenters. The Kier molecular flexibility index (Phi) is 5.54. The topological polar surface area (TPSA) is 57.7 Å². The van der Waals surface area contributed by atoms with Crippen LogP contribution in [0.5, 0.6) is 0 Å². The van der Waals surface area contributed by atoms with Crippen LogP contribution in [0.1, 0.15) is 17.3 Å². The summed E-state index contributed by atoms with van der Waals surface area (Å²) in [6.45, 7) is 2.91. The van der Waals surface area contributed by atoms with E-state index in [0.717, 1.165) is 10.4 Å². The van der Waals surface area contributed by atoms with Crippen LogP contribution in [-0.2, 0) is 10.0 Å². The molecule has 7 heteroatoms. The number of rotatable bonds is 4. The largest absolute Gasteiger partial charge is 0.336 e. The molecule has 3 aromatic rings. The number of carbonyl (C=O) groups excluding carboxylic acids is 1. The maximum absolute atomic E-state index is 13.2. The van der Waals surface area contributed by atoms with Crippen molar-refractivity contribution >= 4 is 27.3 Å². The number of hydrogen-bond donors (Lipinski definition) is 0. The molecule has 4 rings (SSSR count). The number of benzene rings is 2. The van der Waals surface area contributed by atoms with Gasteiger partial charge in [0, 0.05) is 36.1 Å². The van der Waals surface area contributed by atoms with Crippen LogP contribution >= 0.6 is 11.3 Å². The highest BCUT2D eigenvalue weighted by Crippen LogP contribution is 2.33. The number of piperazine rings is 1. The Balaban J connectivity index is 1.51. The minimum absolute atomic E-state index is 0.0583. The third kappa shape index (κ3) is 3.99. The molecule has 0 saturated carbocycles. The van der Waals surface area contributed by atoms with E-state index in [1.165, 1.54) is 15.6 Å². The number of nitrogens with zero attached hydrogens (tertiary/aromatic N) is 2. The molecule has 29 heavy (non-hydrogen) atoms. The van der Waals surface area contributed by atoms with Crippen LogP contribution in [0.2, 0.25) is 0 Å². The van der Waals surface area contributed by atoms with Crippen molar-refractivity contribution in [3.8, 4) is 10.4 Å². The van der Waals surface area contributed by atoms with Gasteiger partial charge >= 0.3 is 0 Å². The maximum Gasteiger partial charge on any atom is 0.253 e. The van der Waals surface area contributed by atoms with E-state index in [9.17, 15) is 13.2 Å². The van der Waals surface area contributed by atoms with Crippen molar-refractivity contribution < 1.29 is 13.2 Å². The Labute approximate surface area is 175 Å². The molecule has 1 aliphatic heterocycles. The van der Waals surface area contributed by atoms with E-state index in [1.807, 2.05) is 61.5 Å². The summed E-state index contributed by atoms with van der Waals surface area (Å²) in [4.78, 5) is 15.3. The smallest absolute Gasteiger partial charge is 0.253 e. The standard InChI is InChI=1S/C22H22N2O3S2/c1-17-16-23(22(25)19-10-6-3-7-11-19)14-15-24(17)29(26,27)21-13-12-20(28-21)18-8-4-2-5-9-18/h2-13,17H,14-16H2,1H3. The van der Waals surface area contributed by atoms with E-state index >= 15 is 0 Å². The Morgan fingerprint density at radius 3 is 2.24 bits per heavy atom. The Bertz CT molecular complexity index is 1100.